The molecule has 0 atom stereocenters. The third kappa shape index (κ3) is 2.04. The van der Waals surface area contributed by atoms with E-state index in [-0.39, 0.29) is 5.56 Å². The van der Waals surface area contributed by atoms with Gasteiger partial charge < -0.3 is 9.88 Å². The fourth-order valence-corrected chi connectivity index (χ4v) is 3.10. The van der Waals surface area contributed by atoms with Gasteiger partial charge in [-0.2, -0.15) is 0 Å². The van der Waals surface area contributed by atoms with Gasteiger partial charge in [-0.15, -0.1) is 10.2 Å². The van der Waals surface area contributed by atoms with E-state index in [1.54, 1.807) is 35.2 Å². The maximum atomic E-state index is 11.9. The zero-order chi connectivity index (χ0) is 15.1. The number of fused-ring (bicyclic) bond motifs is 2. The van der Waals surface area contributed by atoms with Crippen molar-refractivity contribution in [2.75, 3.05) is 5.32 Å². The van der Waals surface area contributed by atoms with Gasteiger partial charge in [0.25, 0.3) is 5.56 Å². The van der Waals surface area contributed by atoms with E-state index in [2.05, 4.69) is 20.5 Å². The fraction of sp³-hybridized carbons (Fsp3) is 0.143. The van der Waals surface area contributed by atoms with Crippen LogP contribution >= 0.6 is 11.3 Å². The molecular formula is C14H12N6OS. The number of rotatable bonds is 3. The van der Waals surface area contributed by atoms with Crippen LogP contribution in [0.4, 0.5) is 5.13 Å². The summed E-state index contributed by atoms with van der Waals surface area (Å²) in [6.07, 6.45) is 3.48. The molecule has 4 aromatic rings. The van der Waals surface area contributed by atoms with Gasteiger partial charge in [0, 0.05) is 19.4 Å². The number of nitrogens with one attached hydrogen (secondary N) is 1. The molecule has 8 heteroatoms. The summed E-state index contributed by atoms with van der Waals surface area (Å²) in [7, 11) is 1.69. The van der Waals surface area contributed by atoms with E-state index in [9.17, 15) is 4.79 Å². The molecule has 3 heterocycles. The maximum absolute atomic E-state index is 11.9. The van der Waals surface area contributed by atoms with Gasteiger partial charge in [0.2, 0.25) is 5.65 Å². The lowest BCUT2D eigenvalue weighted by atomic mass is 10.3. The molecule has 0 aliphatic heterocycles. The summed E-state index contributed by atoms with van der Waals surface area (Å²) in [6, 6.07) is 7.97. The first-order valence-electron chi connectivity index (χ1n) is 6.71. The van der Waals surface area contributed by atoms with E-state index in [0.29, 0.717) is 18.0 Å². The van der Waals surface area contributed by atoms with Crippen molar-refractivity contribution >= 4 is 32.3 Å². The molecular weight excluding hydrogens is 300 g/mol. The van der Waals surface area contributed by atoms with Gasteiger partial charge >= 0.3 is 0 Å². The summed E-state index contributed by atoms with van der Waals surface area (Å²) in [5.41, 5.74) is 1.13. The van der Waals surface area contributed by atoms with E-state index in [0.717, 1.165) is 15.3 Å². The van der Waals surface area contributed by atoms with Crippen LogP contribution in [0.25, 0.3) is 15.9 Å². The predicted molar refractivity (Wildman–Crippen MR) is 85.2 cm³/mol. The van der Waals surface area contributed by atoms with E-state index in [4.69, 9.17) is 0 Å². The van der Waals surface area contributed by atoms with Crippen LogP contribution in [0.3, 0.4) is 0 Å². The van der Waals surface area contributed by atoms with E-state index in [1.165, 1.54) is 4.57 Å². The van der Waals surface area contributed by atoms with Crippen LogP contribution in [0, 0.1) is 0 Å². The Bertz CT molecular complexity index is 998. The van der Waals surface area contributed by atoms with Gasteiger partial charge in [-0.3, -0.25) is 9.20 Å². The number of para-hydroxylation sites is 1. The molecule has 22 heavy (non-hydrogen) atoms. The quantitative estimate of drug-likeness (QED) is 0.622. The number of nitrogens with zero attached hydrogens (tertiary/aromatic N) is 5. The topological polar surface area (TPSA) is 77.1 Å². The van der Waals surface area contributed by atoms with Crippen molar-refractivity contribution in [2.45, 2.75) is 6.54 Å². The van der Waals surface area contributed by atoms with Crippen LogP contribution in [0.2, 0.25) is 0 Å². The van der Waals surface area contributed by atoms with Crippen LogP contribution in [0.5, 0.6) is 0 Å². The summed E-state index contributed by atoms with van der Waals surface area (Å²) in [5, 5.41) is 12.1. The average Bonchev–Trinajstić information content (AvgIpc) is 3.12. The van der Waals surface area contributed by atoms with Crippen molar-refractivity contribution in [2.24, 2.45) is 7.05 Å². The second kappa shape index (κ2) is 4.92. The van der Waals surface area contributed by atoms with Gasteiger partial charge in [-0.1, -0.05) is 23.5 Å². The molecule has 0 saturated heterocycles. The molecule has 0 amide bonds. The Labute approximate surface area is 128 Å². The van der Waals surface area contributed by atoms with Crippen molar-refractivity contribution in [1.82, 2.24) is 24.1 Å². The van der Waals surface area contributed by atoms with Crippen molar-refractivity contribution in [1.29, 1.82) is 0 Å². The highest BCUT2D eigenvalue weighted by Crippen LogP contribution is 2.25. The lowest BCUT2D eigenvalue weighted by molar-refractivity contribution is 0.831. The minimum absolute atomic E-state index is 0.166. The van der Waals surface area contributed by atoms with Gasteiger partial charge in [-0.25, -0.2) is 4.98 Å². The standard InChI is InChI=1S/C14H12N6OS/c1-19-6-7-20-11(17-18-12(20)13(19)21)8-15-14-16-9-4-2-3-5-10(9)22-14/h2-7H,8H2,1H3,(H,15,16). The lowest BCUT2D eigenvalue weighted by Gasteiger charge is -2.02. The third-order valence-electron chi connectivity index (χ3n) is 3.41. The molecule has 1 N–H and O–H groups in total. The highest BCUT2D eigenvalue weighted by atomic mass is 32.1. The number of hydrogen-bond acceptors (Lipinski definition) is 6. The number of hydrogen-bond donors (Lipinski definition) is 1. The molecule has 1 aromatic carbocycles. The van der Waals surface area contributed by atoms with E-state index in [1.807, 2.05) is 24.3 Å². The van der Waals surface area contributed by atoms with E-state index < -0.39 is 0 Å². The molecule has 110 valence electrons. The Balaban J connectivity index is 1.64. The Morgan fingerprint density at radius 1 is 1.23 bits per heavy atom. The Morgan fingerprint density at radius 2 is 2.09 bits per heavy atom. The van der Waals surface area contributed by atoms with Crippen molar-refractivity contribution < 1.29 is 0 Å². The first-order valence-corrected chi connectivity index (χ1v) is 7.53. The highest BCUT2D eigenvalue weighted by Gasteiger charge is 2.10. The van der Waals surface area contributed by atoms with Crippen LogP contribution in [0.15, 0.2) is 41.5 Å². The second-order valence-electron chi connectivity index (χ2n) is 4.86. The van der Waals surface area contributed by atoms with Gasteiger partial charge in [0.05, 0.1) is 16.8 Å². The summed E-state index contributed by atoms with van der Waals surface area (Å²) in [4.78, 5) is 16.5. The molecule has 7 nitrogen and oxygen atoms in total. The normalized spacial score (nSPS) is 11.3. The fourth-order valence-electron chi connectivity index (χ4n) is 2.24. The van der Waals surface area contributed by atoms with Crippen molar-refractivity contribution in [3.05, 3.63) is 52.8 Å². The van der Waals surface area contributed by atoms with E-state index >= 15 is 0 Å². The van der Waals surface area contributed by atoms with Crippen LogP contribution in [-0.4, -0.2) is 24.1 Å². The van der Waals surface area contributed by atoms with Crippen LogP contribution < -0.4 is 10.9 Å². The number of thiazole rings is 1. The molecule has 0 unspecified atom stereocenters. The molecule has 0 fully saturated rings. The Kier molecular flexibility index (Phi) is 2.90. The Morgan fingerprint density at radius 3 is 2.95 bits per heavy atom. The zero-order valence-electron chi connectivity index (χ0n) is 11.7. The molecule has 0 spiro atoms. The Hall–Kier alpha value is -2.74. The monoisotopic (exact) mass is 312 g/mol. The molecule has 0 saturated carbocycles. The number of anilines is 1. The van der Waals surface area contributed by atoms with Gasteiger partial charge in [-0.05, 0) is 12.1 Å². The van der Waals surface area contributed by atoms with Crippen LogP contribution in [-0.2, 0) is 13.6 Å². The first-order chi connectivity index (χ1) is 10.7. The first kappa shape index (κ1) is 13.0. The lowest BCUT2D eigenvalue weighted by Crippen LogP contribution is -2.19. The summed E-state index contributed by atoms with van der Waals surface area (Å²) >= 11 is 1.58. The number of aryl methyl sites for hydroxylation is 1. The van der Waals surface area contributed by atoms with Gasteiger partial charge in [0.15, 0.2) is 11.0 Å². The second-order valence-corrected chi connectivity index (χ2v) is 5.89. The zero-order valence-corrected chi connectivity index (χ0v) is 12.5. The largest absolute Gasteiger partial charge is 0.354 e. The van der Waals surface area contributed by atoms with Crippen molar-refractivity contribution in [3.8, 4) is 0 Å². The SMILES string of the molecule is Cn1ccn2c(CNc3nc4ccccc4s3)nnc2c1=O. The average molecular weight is 312 g/mol. The summed E-state index contributed by atoms with van der Waals surface area (Å²) in [6.45, 7) is 0.453. The summed E-state index contributed by atoms with van der Waals surface area (Å²) in [5.74, 6) is 0.673. The van der Waals surface area contributed by atoms with Crippen molar-refractivity contribution in [3.63, 3.8) is 0 Å². The smallest absolute Gasteiger partial charge is 0.295 e. The van der Waals surface area contributed by atoms with Gasteiger partial charge in [0.1, 0.15) is 0 Å². The minimum Gasteiger partial charge on any atom is -0.354 e. The number of benzene rings is 1. The van der Waals surface area contributed by atoms with Crippen LogP contribution in [0.1, 0.15) is 5.82 Å². The number of aromatic nitrogens is 5. The predicted octanol–water partition coefficient (Wildman–Crippen LogP) is 1.65. The molecule has 0 aliphatic rings. The molecule has 0 radical (unpaired) electrons. The minimum atomic E-state index is -0.166. The summed E-state index contributed by atoms with van der Waals surface area (Å²) < 4.78 is 4.31. The third-order valence-corrected chi connectivity index (χ3v) is 4.40. The molecule has 0 bridgehead atoms. The molecule has 0 aliphatic carbocycles. The molecule has 3 aromatic heterocycles. The maximum Gasteiger partial charge on any atom is 0.295 e. The molecule has 4 rings (SSSR count). The highest BCUT2D eigenvalue weighted by molar-refractivity contribution is 7.22.